The molecule has 0 aromatic heterocycles. The normalized spacial score (nSPS) is 20.2. The fourth-order valence-electron chi connectivity index (χ4n) is 3.09. The Morgan fingerprint density at radius 3 is 2.46 bits per heavy atom. The molecule has 7 nitrogen and oxygen atoms in total. The van der Waals surface area contributed by atoms with E-state index in [2.05, 4.69) is 4.90 Å². The predicted octanol–water partition coefficient (Wildman–Crippen LogP) is 2.02. The maximum absolute atomic E-state index is 12.0. The Balaban J connectivity index is 1.65. The predicted molar refractivity (Wildman–Crippen MR) is 90.9 cm³/mol. The number of hydrogen-bond acceptors (Lipinski definition) is 5. The molecule has 2 saturated heterocycles. The molecule has 0 aliphatic carbocycles. The fraction of sp³-hybridized carbons (Fsp3) is 0.882. The van der Waals surface area contributed by atoms with Crippen LogP contribution in [0.15, 0.2) is 0 Å². The lowest BCUT2D eigenvalue weighted by molar-refractivity contribution is 0.0249. The molecule has 2 aliphatic heterocycles. The summed E-state index contributed by atoms with van der Waals surface area (Å²) in [4.78, 5) is 29.3. The second kappa shape index (κ2) is 8.05. The van der Waals surface area contributed by atoms with Crippen LogP contribution in [0, 0.1) is 5.92 Å². The SMILES string of the molecule is CN(CC1CCN(CCN2CCOC2=O)CC1)C(=O)OC(C)(C)C. The summed E-state index contributed by atoms with van der Waals surface area (Å²) in [5.74, 6) is 0.510. The summed E-state index contributed by atoms with van der Waals surface area (Å²) >= 11 is 0. The molecule has 2 aliphatic rings. The zero-order valence-electron chi connectivity index (χ0n) is 15.4. The number of carbonyl (C=O) groups excluding carboxylic acids is 2. The molecule has 7 heteroatoms. The molecule has 0 aromatic carbocycles. The zero-order valence-corrected chi connectivity index (χ0v) is 15.4. The van der Waals surface area contributed by atoms with Crippen molar-refractivity contribution in [3.8, 4) is 0 Å². The molecule has 0 aromatic rings. The first-order valence-corrected chi connectivity index (χ1v) is 8.83. The molecule has 138 valence electrons. The highest BCUT2D eigenvalue weighted by atomic mass is 16.6. The van der Waals surface area contributed by atoms with Crippen LogP contribution in [0.5, 0.6) is 0 Å². The topological polar surface area (TPSA) is 62.3 Å². The number of nitrogens with zero attached hydrogens (tertiary/aromatic N) is 3. The average Bonchev–Trinajstić information content (AvgIpc) is 2.90. The maximum atomic E-state index is 12.0. The minimum Gasteiger partial charge on any atom is -0.448 e. The highest BCUT2D eigenvalue weighted by Crippen LogP contribution is 2.19. The standard InChI is InChI=1S/C17H31N3O4/c1-17(2,3)24-15(21)18(4)13-14-5-7-19(8-6-14)9-10-20-11-12-23-16(20)22/h14H,5-13H2,1-4H3. The molecule has 0 radical (unpaired) electrons. The van der Waals surface area contributed by atoms with Gasteiger partial charge >= 0.3 is 12.2 Å². The van der Waals surface area contributed by atoms with Gasteiger partial charge in [-0.1, -0.05) is 0 Å². The van der Waals surface area contributed by atoms with Gasteiger partial charge in [-0.3, -0.25) is 0 Å². The number of ether oxygens (including phenoxy) is 2. The Morgan fingerprint density at radius 1 is 1.25 bits per heavy atom. The maximum Gasteiger partial charge on any atom is 0.410 e. The van der Waals surface area contributed by atoms with Crippen molar-refractivity contribution in [1.82, 2.24) is 14.7 Å². The lowest BCUT2D eigenvalue weighted by atomic mass is 9.96. The van der Waals surface area contributed by atoms with Gasteiger partial charge in [-0.15, -0.1) is 0 Å². The van der Waals surface area contributed by atoms with Crippen LogP contribution in [0.2, 0.25) is 0 Å². The molecule has 0 unspecified atom stereocenters. The van der Waals surface area contributed by atoms with E-state index in [-0.39, 0.29) is 12.2 Å². The van der Waals surface area contributed by atoms with Crippen molar-refractivity contribution in [2.24, 2.45) is 5.92 Å². The molecule has 24 heavy (non-hydrogen) atoms. The van der Waals surface area contributed by atoms with E-state index in [0.717, 1.165) is 45.6 Å². The quantitative estimate of drug-likeness (QED) is 0.765. The number of amides is 2. The largest absolute Gasteiger partial charge is 0.448 e. The van der Waals surface area contributed by atoms with Crippen LogP contribution in [-0.2, 0) is 9.47 Å². The van der Waals surface area contributed by atoms with Crippen LogP contribution in [0.1, 0.15) is 33.6 Å². The number of hydrogen-bond donors (Lipinski definition) is 0. The highest BCUT2D eigenvalue weighted by Gasteiger charge is 2.26. The molecule has 2 amide bonds. The van der Waals surface area contributed by atoms with E-state index in [9.17, 15) is 9.59 Å². The lowest BCUT2D eigenvalue weighted by Gasteiger charge is -2.34. The van der Waals surface area contributed by atoms with E-state index in [4.69, 9.17) is 9.47 Å². The van der Waals surface area contributed by atoms with Gasteiger partial charge in [0.05, 0.1) is 6.54 Å². The number of carbonyl (C=O) groups is 2. The van der Waals surface area contributed by atoms with Crippen LogP contribution < -0.4 is 0 Å². The van der Waals surface area contributed by atoms with E-state index in [1.54, 1.807) is 16.8 Å². The molecule has 2 fully saturated rings. The van der Waals surface area contributed by atoms with Crippen LogP contribution in [-0.4, -0.2) is 85.4 Å². The van der Waals surface area contributed by atoms with E-state index >= 15 is 0 Å². The highest BCUT2D eigenvalue weighted by molar-refractivity contribution is 5.69. The summed E-state index contributed by atoms with van der Waals surface area (Å²) in [5.41, 5.74) is -0.453. The third-order valence-corrected chi connectivity index (χ3v) is 4.48. The van der Waals surface area contributed by atoms with Crippen molar-refractivity contribution in [2.45, 2.75) is 39.2 Å². The van der Waals surface area contributed by atoms with Crippen LogP contribution in [0.25, 0.3) is 0 Å². The number of cyclic esters (lactones) is 1. The summed E-state index contributed by atoms with van der Waals surface area (Å²) in [6.07, 6.45) is 1.69. The van der Waals surface area contributed by atoms with Gasteiger partial charge in [-0.2, -0.15) is 0 Å². The third-order valence-electron chi connectivity index (χ3n) is 4.48. The van der Waals surface area contributed by atoms with Gasteiger partial charge in [0.15, 0.2) is 0 Å². The van der Waals surface area contributed by atoms with Crippen LogP contribution in [0.3, 0.4) is 0 Å². The third kappa shape index (κ3) is 5.85. The van der Waals surface area contributed by atoms with Gasteiger partial charge in [0.1, 0.15) is 12.2 Å². The van der Waals surface area contributed by atoms with E-state index in [1.807, 2.05) is 20.8 Å². The van der Waals surface area contributed by atoms with Crippen molar-refractivity contribution in [3.63, 3.8) is 0 Å². The smallest absolute Gasteiger partial charge is 0.410 e. The fourth-order valence-corrected chi connectivity index (χ4v) is 3.09. The second-order valence-corrected chi connectivity index (χ2v) is 7.75. The monoisotopic (exact) mass is 341 g/mol. The average molecular weight is 341 g/mol. The van der Waals surface area contributed by atoms with Gasteiger partial charge in [0.25, 0.3) is 0 Å². The molecule has 0 N–H and O–H groups in total. The first kappa shape index (κ1) is 18.8. The van der Waals surface area contributed by atoms with E-state index < -0.39 is 5.60 Å². The first-order chi connectivity index (χ1) is 11.2. The van der Waals surface area contributed by atoms with Crippen molar-refractivity contribution >= 4 is 12.2 Å². The Morgan fingerprint density at radius 2 is 1.92 bits per heavy atom. The summed E-state index contributed by atoms with van der Waals surface area (Å²) in [6, 6.07) is 0. The van der Waals surface area contributed by atoms with Gasteiger partial charge < -0.3 is 24.2 Å². The molecule has 0 saturated carbocycles. The number of rotatable bonds is 5. The summed E-state index contributed by atoms with van der Waals surface area (Å²) in [6.45, 7) is 11.2. The Hall–Kier alpha value is -1.50. The Kier molecular flexibility index (Phi) is 6.32. The minimum absolute atomic E-state index is 0.191. The van der Waals surface area contributed by atoms with Gasteiger partial charge in [-0.25, -0.2) is 9.59 Å². The zero-order chi connectivity index (χ0) is 17.7. The molecule has 0 atom stereocenters. The summed E-state index contributed by atoms with van der Waals surface area (Å²) in [5, 5.41) is 0. The van der Waals surface area contributed by atoms with E-state index in [1.165, 1.54) is 0 Å². The molecular formula is C17H31N3O4. The van der Waals surface area contributed by atoms with Gasteiger partial charge in [0, 0.05) is 26.7 Å². The summed E-state index contributed by atoms with van der Waals surface area (Å²) in [7, 11) is 1.80. The lowest BCUT2D eigenvalue weighted by Crippen LogP contribution is -2.43. The van der Waals surface area contributed by atoms with Crippen LogP contribution >= 0.6 is 0 Å². The van der Waals surface area contributed by atoms with Crippen LogP contribution in [0.4, 0.5) is 9.59 Å². The van der Waals surface area contributed by atoms with Gasteiger partial charge in [0.2, 0.25) is 0 Å². The molecule has 2 heterocycles. The number of piperidine rings is 1. The van der Waals surface area contributed by atoms with E-state index in [0.29, 0.717) is 19.1 Å². The second-order valence-electron chi connectivity index (χ2n) is 7.75. The first-order valence-electron chi connectivity index (χ1n) is 8.83. The molecule has 0 spiro atoms. The van der Waals surface area contributed by atoms with Crippen molar-refractivity contribution in [3.05, 3.63) is 0 Å². The minimum atomic E-state index is -0.453. The molecule has 2 rings (SSSR count). The molecule has 0 bridgehead atoms. The van der Waals surface area contributed by atoms with Gasteiger partial charge in [-0.05, 0) is 52.6 Å². The molecular weight excluding hydrogens is 310 g/mol. The Bertz CT molecular complexity index is 442. The summed E-state index contributed by atoms with van der Waals surface area (Å²) < 4.78 is 10.3. The Labute approximate surface area is 144 Å². The van der Waals surface area contributed by atoms with Crippen molar-refractivity contribution in [2.75, 3.05) is 52.9 Å². The van der Waals surface area contributed by atoms with Crippen molar-refractivity contribution < 1.29 is 19.1 Å². The van der Waals surface area contributed by atoms with Crippen molar-refractivity contribution in [1.29, 1.82) is 0 Å². The number of likely N-dealkylation sites (tertiary alicyclic amines) is 1.